The molecule has 3 aliphatic heterocycles. The monoisotopic (exact) mass is 769 g/mol. The van der Waals surface area contributed by atoms with E-state index >= 15 is 0 Å². The van der Waals surface area contributed by atoms with E-state index in [0.29, 0.717) is 0 Å². The lowest BCUT2D eigenvalue weighted by molar-refractivity contribution is -0.369. The van der Waals surface area contributed by atoms with Crippen LogP contribution in [0.2, 0.25) is 0 Å². The number of hydrogen-bond donors (Lipinski definition) is 10. The molecule has 3 rings (SSSR count). The lowest BCUT2D eigenvalue weighted by atomic mass is 9.94. The zero-order valence-electron chi connectivity index (χ0n) is 24.4. The molecular weight excluding hydrogens is 734 g/mol. The number of aliphatic hydroxyl groups is 6. The van der Waals surface area contributed by atoms with Crippen molar-refractivity contribution in [3.63, 3.8) is 0 Å². The van der Waals surface area contributed by atoms with Gasteiger partial charge in [0.1, 0.15) is 67.1 Å². The molecule has 0 aromatic carbocycles. The third kappa shape index (κ3) is 11.1. The molecule has 0 radical (unpaired) electrons. The number of ether oxygens (including phenoxy) is 5. The highest BCUT2D eigenvalue weighted by Crippen LogP contribution is 2.34. The van der Waals surface area contributed by atoms with Crippen molar-refractivity contribution in [3.05, 3.63) is 0 Å². The maximum absolute atomic E-state index is 12.1. The molecule has 3 saturated heterocycles. The van der Waals surface area contributed by atoms with E-state index in [4.69, 9.17) is 32.8 Å². The summed E-state index contributed by atoms with van der Waals surface area (Å²) in [4.78, 5) is 12.1. The number of aliphatic hydroxyl groups excluding tert-OH is 6. The summed E-state index contributed by atoms with van der Waals surface area (Å²) in [6, 6.07) is -1.79. The molecule has 3 fully saturated rings. The summed E-state index contributed by atoms with van der Waals surface area (Å²) in [7, 11) is -16.0. The van der Waals surface area contributed by atoms with E-state index in [2.05, 4.69) is 17.9 Å². The molecule has 0 saturated carbocycles. The van der Waals surface area contributed by atoms with Crippen LogP contribution in [0.5, 0.6) is 0 Å². The third-order valence-electron chi connectivity index (χ3n) is 7.06. The van der Waals surface area contributed by atoms with Gasteiger partial charge in [0.05, 0.1) is 19.3 Å². The van der Waals surface area contributed by atoms with Crippen LogP contribution >= 0.6 is 0 Å². The quantitative estimate of drug-likeness (QED) is 0.0778. The Hall–Kier alpha value is -1.36. The highest BCUT2D eigenvalue weighted by atomic mass is 32.3. The minimum atomic E-state index is -5.50. The Balaban J connectivity index is 2.08. The van der Waals surface area contributed by atoms with Gasteiger partial charge in [0.25, 0.3) is 0 Å². The summed E-state index contributed by atoms with van der Waals surface area (Å²) in [6.07, 6.45) is -28.7. The number of carbonyl (C=O) groups excluding carboxylic acids is 1. The first-order valence-corrected chi connectivity index (χ1v) is 17.5. The van der Waals surface area contributed by atoms with Gasteiger partial charge in [-0.2, -0.15) is 25.3 Å². The Morgan fingerprint density at radius 1 is 0.646 bits per heavy atom. The predicted octanol–water partition coefficient (Wildman–Crippen LogP) is -6.92. The van der Waals surface area contributed by atoms with E-state index in [9.17, 15) is 65.2 Å². The molecule has 25 nitrogen and oxygen atoms in total. The zero-order valence-corrected chi connectivity index (χ0v) is 26.9. The fourth-order valence-corrected chi connectivity index (χ4v) is 6.04. The van der Waals surface area contributed by atoms with Gasteiger partial charge in [-0.1, -0.05) is 0 Å². The van der Waals surface area contributed by atoms with Crippen LogP contribution in [0.25, 0.3) is 0 Å². The van der Waals surface area contributed by atoms with Crippen molar-refractivity contribution in [2.75, 3.05) is 13.2 Å². The fraction of sp³-hybridized carbons (Fsp3) is 0.950. The Kier molecular flexibility index (Phi) is 13.6. The number of amides is 1. The second kappa shape index (κ2) is 15.9. The Bertz CT molecular complexity index is 1430. The standard InChI is InChI=1S/C20H35NO24S3/c1-5-10(23)12(25)13(26)19(40-5)44-16-9(21-6(2)22)18(28)41-8(4-39-47(32,33)34)15(16)43-20-14(27)17(45-48(35,36)37)11(24)7(42-20)3-38-46(29,30)31/h5,7-20,23-28H,3-4H2,1-2H3,(H,21,22)(H,29,30,31)(H,32,33,34)(H,35,36,37)/t5-,7+,8+,9+,10+,11-,12+,13-,14+,15+,16+,17-,18+,19-,20-/m0/s1. The summed E-state index contributed by atoms with van der Waals surface area (Å²) in [6.45, 7) is -0.376. The molecule has 0 aliphatic carbocycles. The first-order valence-electron chi connectivity index (χ1n) is 13.4. The highest BCUT2D eigenvalue weighted by molar-refractivity contribution is 7.81. The topological polar surface area (TPSA) is 387 Å². The average molecular weight is 770 g/mol. The lowest BCUT2D eigenvalue weighted by Crippen LogP contribution is -2.69. The molecule has 0 bridgehead atoms. The van der Waals surface area contributed by atoms with Crippen molar-refractivity contribution in [1.82, 2.24) is 5.32 Å². The van der Waals surface area contributed by atoms with Gasteiger partial charge < -0.3 is 59.6 Å². The van der Waals surface area contributed by atoms with Crippen molar-refractivity contribution >= 4 is 37.1 Å². The number of hydrogen-bond acceptors (Lipinski definition) is 21. The number of nitrogens with one attached hydrogen (secondary N) is 1. The van der Waals surface area contributed by atoms with Crippen molar-refractivity contribution in [2.24, 2.45) is 0 Å². The van der Waals surface area contributed by atoms with Crippen molar-refractivity contribution < 1.29 is 111 Å². The number of rotatable bonds is 13. The van der Waals surface area contributed by atoms with Gasteiger partial charge in [-0.25, -0.2) is 12.5 Å². The molecule has 3 heterocycles. The van der Waals surface area contributed by atoms with Crippen LogP contribution in [0.15, 0.2) is 0 Å². The smallest absolute Gasteiger partial charge is 0.388 e. The maximum atomic E-state index is 12.1. The number of carbonyl (C=O) groups is 1. The van der Waals surface area contributed by atoms with Gasteiger partial charge in [0.2, 0.25) is 5.91 Å². The summed E-state index contributed by atoms with van der Waals surface area (Å²) in [5.74, 6) is -0.877. The van der Waals surface area contributed by atoms with Crippen LogP contribution < -0.4 is 5.32 Å². The Morgan fingerprint density at radius 2 is 1.17 bits per heavy atom. The van der Waals surface area contributed by atoms with Gasteiger partial charge in [0, 0.05) is 6.92 Å². The van der Waals surface area contributed by atoms with Gasteiger partial charge in [-0.15, -0.1) is 0 Å². The van der Waals surface area contributed by atoms with Gasteiger partial charge in [-0.3, -0.25) is 18.5 Å². The molecule has 48 heavy (non-hydrogen) atoms. The molecule has 0 spiro atoms. The molecule has 15 atom stereocenters. The fourth-order valence-electron chi connectivity index (χ4n) is 4.92. The molecule has 282 valence electrons. The van der Waals surface area contributed by atoms with Crippen molar-refractivity contribution in [2.45, 2.75) is 106 Å². The minimum absolute atomic E-state index is 0.877. The van der Waals surface area contributed by atoms with Crippen LogP contribution in [-0.4, -0.2) is 181 Å². The normalized spacial score (nSPS) is 41.5. The molecule has 0 unspecified atom stereocenters. The summed E-state index contributed by atoms with van der Waals surface area (Å²) >= 11 is 0. The molecule has 3 aliphatic rings. The molecule has 28 heteroatoms. The molecule has 0 aromatic heterocycles. The van der Waals surface area contributed by atoms with Gasteiger partial charge in [-0.05, 0) is 6.92 Å². The first kappa shape index (κ1) is 41.1. The second-order valence-corrected chi connectivity index (χ2v) is 13.8. The van der Waals surface area contributed by atoms with Crippen LogP contribution in [-0.2, 0) is 72.2 Å². The maximum Gasteiger partial charge on any atom is 0.397 e. The summed E-state index contributed by atoms with van der Waals surface area (Å²) < 4.78 is 135. The molecule has 10 N–H and O–H groups in total. The van der Waals surface area contributed by atoms with Crippen LogP contribution in [0.3, 0.4) is 0 Å². The van der Waals surface area contributed by atoms with E-state index in [0.717, 1.165) is 6.92 Å². The first-order chi connectivity index (χ1) is 21.9. The SMILES string of the molecule is CC(=O)N[C@@H]1[C@@H](O[C@@H]2O[C@@H](C)[C@@H](O)[C@@H](O)[C@@H]2O)[C@H](O[C@@H]2O[C@H](COS(=O)(=O)O)[C@H](O)[C@H](OS(=O)(=O)O)[C@H]2O)[C@@H](COS(=O)(=O)O)O[C@H]1O. The van der Waals surface area contributed by atoms with Crippen LogP contribution in [0.1, 0.15) is 13.8 Å². The van der Waals surface area contributed by atoms with E-state index in [1.807, 2.05) is 0 Å². The zero-order chi connectivity index (χ0) is 36.5. The lowest BCUT2D eigenvalue weighted by Gasteiger charge is -2.49. The van der Waals surface area contributed by atoms with E-state index in [1.54, 1.807) is 0 Å². The largest absolute Gasteiger partial charge is 0.397 e. The van der Waals surface area contributed by atoms with E-state index in [1.165, 1.54) is 6.92 Å². The van der Waals surface area contributed by atoms with Crippen LogP contribution in [0, 0.1) is 0 Å². The third-order valence-corrected chi connectivity index (χ3v) is 8.40. The van der Waals surface area contributed by atoms with Gasteiger partial charge in [0.15, 0.2) is 18.9 Å². The van der Waals surface area contributed by atoms with Crippen LogP contribution in [0.4, 0.5) is 0 Å². The van der Waals surface area contributed by atoms with Gasteiger partial charge >= 0.3 is 31.2 Å². The Morgan fingerprint density at radius 3 is 1.69 bits per heavy atom. The molecule has 0 aromatic rings. The van der Waals surface area contributed by atoms with E-state index in [-0.39, 0.29) is 0 Å². The minimum Gasteiger partial charge on any atom is -0.388 e. The van der Waals surface area contributed by atoms with E-state index < -0.39 is 142 Å². The highest BCUT2D eigenvalue weighted by Gasteiger charge is 2.55. The molecule has 1 amide bonds. The predicted molar refractivity (Wildman–Crippen MR) is 143 cm³/mol. The van der Waals surface area contributed by atoms with Crippen molar-refractivity contribution in [1.29, 1.82) is 0 Å². The second-order valence-electron chi connectivity index (χ2n) is 10.6. The molecular formula is C20H35NO24S3. The summed E-state index contributed by atoms with van der Waals surface area (Å²) in [5, 5.41) is 65.2. The average Bonchev–Trinajstić information content (AvgIpc) is 2.93. The van der Waals surface area contributed by atoms with Crippen molar-refractivity contribution in [3.8, 4) is 0 Å². The summed E-state index contributed by atoms with van der Waals surface area (Å²) in [5.41, 5.74) is 0. The Labute approximate surface area is 272 Å².